The van der Waals surface area contributed by atoms with Gasteiger partial charge < -0.3 is 10.4 Å². The van der Waals surface area contributed by atoms with Crippen LogP contribution in [0.25, 0.3) is 0 Å². The van der Waals surface area contributed by atoms with E-state index < -0.39 is 36.4 Å². The second kappa shape index (κ2) is 7.62. The van der Waals surface area contributed by atoms with Gasteiger partial charge in [-0.1, -0.05) is 13.8 Å². The molecule has 0 unspecified atom stereocenters. The van der Waals surface area contributed by atoms with E-state index in [0.717, 1.165) is 0 Å². The third-order valence-electron chi connectivity index (χ3n) is 2.39. The zero-order valence-electron chi connectivity index (χ0n) is 10.7. The molecular formula is C11H18F3NO3S. The van der Waals surface area contributed by atoms with Gasteiger partial charge in [-0.2, -0.15) is 25.8 Å². The maximum atomic E-state index is 12.2. The summed E-state index contributed by atoms with van der Waals surface area (Å²) in [6.45, 7) is 3.52. The van der Waals surface area contributed by atoms with E-state index >= 15 is 0 Å². The number of carboxylic acid groups (broad SMARTS) is 1. The predicted octanol–water partition coefficient (Wildman–Crippen LogP) is 2.10. The van der Waals surface area contributed by atoms with Crippen molar-refractivity contribution in [1.29, 1.82) is 0 Å². The van der Waals surface area contributed by atoms with Crippen LogP contribution in [-0.4, -0.2) is 35.0 Å². The lowest BCUT2D eigenvalue weighted by Gasteiger charge is -2.21. The third kappa shape index (κ3) is 7.97. The van der Waals surface area contributed by atoms with Crippen molar-refractivity contribution < 1.29 is 27.9 Å². The molecule has 0 rings (SSSR count). The Morgan fingerprint density at radius 3 is 2.16 bits per heavy atom. The van der Waals surface area contributed by atoms with Crippen molar-refractivity contribution in [3.63, 3.8) is 0 Å². The van der Waals surface area contributed by atoms with Crippen molar-refractivity contribution in [3.8, 4) is 0 Å². The number of thiol groups is 1. The SMILES string of the molecule is CC(C)C[C@H](NC(=O)[C@@H](CS)CC(F)(F)F)C(=O)O. The van der Waals surface area contributed by atoms with E-state index in [4.69, 9.17) is 5.11 Å². The lowest BCUT2D eigenvalue weighted by atomic mass is 10.0. The molecule has 0 aliphatic rings. The Kier molecular flexibility index (Phi) is 7.25. The summed E-state index contributed by atoms with van der Waals surface area (Å²) in [5, 5.41) is 11.0. The zero-order chi connectivity index (χ0) is 15.2. The Labute approximate surface area is 115 Å². The summed E-state index contributed by atoms with van der Waals surface area (Å²) >= 11 is 3.70. The second-order valence-corrected chi connectivity index (χ2v) is 5.09. The van der Waals surface area contributed by atoms with Crippen LogP contribution in [0, 0.1) is 11.8 Å². The summed E-state index contributed by atoms with van der Waals surface area (Å²) < 4.78 is 36.7. The van der Waals surface area contributed by atoms with Crippen LogP contribution in [0.2, 0.25) is 0 Å². The quantitative estimate of drug-likeness (QED) is 0.631. The highest BCUT2D eigenvalue weighted by Crippen LogP contribution is 2.25. The molecule has 0 radical (unpaired) electrons. The number of rotatable bonds is 7. The Morgan fingerprint density at radius 1 is 1.32 bits per heavy atom. The molecule has 0 saturated heterocycles. The van der Waals surface area contributed by atoms with Gasteiger partial charge in [0.1, 0.15) is 6.04 Å². The number of alkyl halides is 3. The Hall–Kier alpha value is -0.920. The molecule has 0 fully saturated rings. The Morgan fingerprint density at radius 2 is 1.84 bits per heavy atom. The summed E-state index contributed by atoms with van der Waals surface area (Å²) in [6, 6.07) is -1.18. The first-order valence-electron chi connectivity index (χ1n) is 5.77. The van der Waals surface area contributed by atoms with E-state index in [9.17, 15) is 22.8 Å². The summed E-state index contributed by atoms with van der Waals surface area (Å²) in [7, 11) is 0. The molecule has 112 valence electrons. The number of hydrogen-bond donors (Lipinski definition) is 3. The lowest BCUT2D eigenvalue weighted by molar-refractivity contribution is -0.154. The minimum absolute atomic E-state index is 0.00142. The van der Waals surface area contributed by atoms with Crippen LogP contribution in [0.1, 0.15) is 26.7 Å². The van der Waals surface area contributed by atoms with Crippen LogP contribution in [0.3, 0.4) is 0 Å². The van der Waals surface area contributed by atoms with Crippen LogP contribution in [-0.2, 0) is 9.59 Å². The monoisotopic (exact) mass is 301 g/mol. The molecule has 0 aliphatic heterocycles. The molecule has 0 aromatic carbocycles. The topological polar surface area (TPSA) is 66.4 Å². The number of nitrogens with one attached hydrogen (secondary N) is 1. The van der Waals surface area contributed by atoms with Crippen molar-refractivity contribution in [3.05, 3.63) is 0 Å². The van der Waals surface area contributed by atoms with Crippen molar-refractivity contribution in [1.82, 2.24) is 5.32 Å². The molecule has 1 amide bonds. The maximum absolute atomic E-state index is 12.2. The number of aliphatic carboxylic acids is 1. The molecular weight excluding hydrogens is 283 g/mol. The lowest BCUT2D eigenvalue weighted by Crippen LogP contribution is -2.45. The van der Waals surface area contributed by atoms with E-state index in [1.165, 1.54) is 0 Å². The van der Waals surface area contributed by atoms with Crippen LogP contribution in [0.15, 0.2) is 0 Å². The van der Waals surface area contributed by atoms with Gasteiger partial charge in [0.05, 0.1) is 12.3 Å². The molecule has 0 aromatic heterocycles. The molecule has 0 aromatic rings. The van der Waals surface area contributed by atoms with Crippen molar-refractivity contribution in [2.75, 3.05) is 5.75 Å². The molecule has 19 heavy (non-hydrogen) atoms. The van der Waals surface area contributed by atoms with E-state index in [1.807, 2.05) is 0 Å². The summed E-state index contributed by atoms with van der Waals surface area (Å²) in [5.74, 6) is -3.86. The first-order chi connectivity index (χ1) is 8.56. The predicted molar refractivity (Wildman–Crippen MR) is 67.0 cm³/mol. The van der Waals surface area contributed by atoms with Crippen molar-refractivity contribution in [2.24, 2.45) is 11.8 Å². The van der Waals surface area contributed by atoms with Gasteiger partial charge in [-0.05, 0) is 12.3 Å². The van der Waals surface area contributed by atoms with Gasteiger partial charge in [-0.3, -0.25) is 4.79 Å². The first kappa shape index (κ1) is 18.1. The number of carbonyl (C=O) groups is 2. The van der Waals surface area contributed by atoms with Gasteiger partial charge in [-0.15, -0.1) is 0 Å². The molecule has 2 N–H and O–H groups in total. The number of carbonyl (C=O) groups excluding carboxylic acids is 1. The zero-order valence-corrected chi connectivity index (χ0v) is 11.6. The summed E-state index contributed by atoms with van der Waals surface area (Å²) in [4.78, 5) is 22.5. The third-order valence-corrected chi connectivity index (χ3v) is 2.83. The average Bonchev–Trinajstić information content (AvgIpc) is 2.22. The molecule has 0 aliphatic carbocycles. The molecule has 0 saturated carbocycles. The minimum Gasteiger partial charge on any atom is -0.480 e. The van der Waals surface area contributed by atoms with E-state index in [1.54, 1.807) is 13.8 Å². The van der Waals surface area contributed by atoms with Gasteiger partial charge in [0, 0.05) is 5.75 Å². The minimum atomic E-state index is -4.48. The molecule has 2 atom stereocenters. The van der Waals surface area contributed by atoms with Gasteiger partial charge in [-0.25, -0.2) is 4.79 Å². The fraction of sp³-hybridized carbons (Fsp3) is 0.818. The fourth-order valence-corrected chi connectivity index (χ4v) is 1.80. The number of amides is 1. The molecule has 0 spiro atoms. The van der Waals surface area contributed by atoms with Gasteiger partial charge in [0.2, 0.25) is 5.91 Å². The standard InChI is InChI=1S/C11H18F3NO3S/c1-6(2)3-8(10(17)18)15-9(16)7(5-19)4-11(12,13)14/h6-8,19H,3-5H2,1-2H3,(H,15,16)(H,17,18)/t7-,8+/m1/s1. The number of carboxylic acids is 1. The normalized spacial score (nSPS) is 15.1. The fourth-order valence-electron chi connectivity index (χ4n) is 1.50. The van der Waals surface area contributed by atoms with Crippen LogP contribution < -0.4 is 5.32 Å². The largest absolute Gasteiger partial charge is 0.480 e. The second-order valence-electron chi connectivity index (χ2n) is 4.73. The van der Waals surface area contributed by atoms with E-state index in [2.05, 4.69) is 17.9 Å². The van der Waals surface area contributed by atoms with Crippen LogP contribution in [0.5, 0.6) is 0 Å². The van der Waals surface area contributed by atoms with Crippen LogP contribution >= 0.6 is 12.6 Å². The van der Waals surface area contributed by atoms with Gasteiger partial charge >= 0.3 is 12.1 Å². The highest BCUT2D eigenvalue weighted by atomic mass is 32.1. The van der Waals surface area contributed by atoms with E-state index in [-0.39, 0.29) is 18.1 Å². The van der Waals surface area contributed by atoms with Crippen molar-refractivity contribution >= 4 is 24.5 Å². The Balaban J connectivity index is 4.64. The van der Waals surface area contributed by atoms with E-state index in [0.29, 0.717) is 0 Å². The average molecular weight is 301 g/mol. The highest BCUT2D eigenvalue weighted by Gasteiger charge is 2.35. The van der Waals surface area contributed by atoms with Gasteiger partial charge in [0.25, 0.3) is 0 Å². The molecule has 0 heterocycles. The number of halogens is 3. The van der Waals surface area contributed by atoms with Crippen LogP contribution in [0.4, 0.5) is 13.2 Å². The Bertz CT molecular complexity index is 321. The highest BCUT2D eigenvalue weighted by molar-refractivity contribution is 7.80. The molecule has 0 bridgehead atoms. The first-order valence-corrected chi connectivity index (χ1v) is 6.40. The maximum Gasteiger partial charge on any atom is 0.389 e. The smallest absolute Gasteiger partial charge is 0.389 e. The summed E-state index contributed by atoms with van der Waals surface area (Å²) in [6.07, 6.45) is -5.63. The molecule has 4 nitrogen and oxygen atoms in total. The van der Waals surface area contributed by atoms with Gasteiger partial charge in [0.15, 0.2) is 0 Å². The molecule has 8 heteroatoms. The number of hydrogen-bond acceptors (Lipinski definition) is 3. The van der Waals surface area contributed by atoms with Crippen molar-refractivity contribution in [2.45, 2.75) is 38.9 Å². The summed E-state index contributed by atoms with van der Waals surface area (Å²) in [5.41, 5.74) is 0.